The summed E-state index contributed by atoms with van der Waals surface area (Å²) in [6.45, 7) is 13.3. The minimum atomic E-state index is -1.39. The standard InChI is InChI=1S/C26H36O9/c1-11-15-8-16(30)19-25(7)10-17(33-12(2)27)23(35-14(4)29)24(5,6)20(25)18(34-13(3)28)22(32)26(19,9-15)21(11)31/h15-20,22-23,30,32H,1,8-10H2,2-7H3/t15-,16+,17-,18+,19-,20+,22-,23-,25-,26-/m0/s1. The molecular weight excluding hydrogens is 456 g/mol. The number of ether oxygens (including phenoxy) is 3. The lowest BCUT2D eigenvalue weighted by molar-refractivity contribution is -0.298. The van der Waals surface area contributed by atoms with Gasteiger partial charge in [0.25, 0.3) is 0 Å². The Morgan fingerprint density at radius 1 is 0.914 bits per heavy atom. The van der Waals surface area contributed by atoms with Gasteiger partial charge in [0.05, 0.1) is 11.5 Å². The molecule has 0 saturated heterocycles. The lowest BCUT2D eigenvalue weighted by Gasteiger charge is -2.68. The van der Waals surface area contributed by atoms with Gasteiger partial charge in [0, 0.05) is 38.0 Å². The lowest BCUT2D eigenvalue weighted by atomic mass is 9.38. The quantitative estimate of drug-likeness (QED) is 0.343. The van der Waals surface area contributed by atoms with Crippen molar-refractivity contribution in [2.45, 2.75) is 91.3 Å². The number of esters is 3. The van der Waals surface area contributed by atoms with Crippen LogP contribution in [0.15, 0.2) is 12.2 Å². The van der Waals surface area contributed by atoms with E-state index in [1.54, 1.807) is 0 Å². The summed E-state index contributed by atoms with van der Waals surface area (Å²) in [5.41, 5.74) is -2.91. The number of aliphatic hydroxyl groups excluding tert-OH is 2. The van der Waals surface area contributed by atoms with Gasteiger partial charge in [-0.3, -0.25) is 19.2 Å². The number of allylic oxidation sites excluding steroid dienone is 1. The molecule has 4 aliphatic rings. The maximum absolute atomic E-state index is 13.7. The molecule has 0 amide bonds. The molecule has 35 heavy (non-hydrogen) atoms. The number of hydrogen-bond donors (Lipinski definition) is 2. The normalized spacial score (nSPS) is 45.7. The highest BCUT2D eigenvalue weighted by Crippen LogP contribution is 2.71. The van der Waals surface area contributed by atoms with Crippen LogP contribution in [0.4, 0.5) is 0 Å². The molecule has 0 heterocycles. The van der Waals surface area contributed by atoms with E-state index in [1.165, 1.54) is 20.8 Å². The average Bonchev–Trinajstić information content (AvgIpc) is 2.89. The SMILES string of the molecule is C=C1C(=O)[C@]23C[C@@H]1C[C@@H](O)[C@H]2[C@]1(C)C[C@H](OC(C)=O)[C@H](OC(C)=O)C(C)(C)[C@H]1[C@@H](OC(C)=O)[C@@H]3O. The van der Waals surface area contributed by atoms with Crippen molar-refractivity contribution in [1.29, 1.82) is 0 Å². The first-order valence-electron chi connectivity index (χ1n) is 12.2. The van der Waals surface area contributed by atoms with Crippen LogP contribution in [-0.4, -0.2) is 64.4 Å². The highest BCUT2D eigenvalue weighted by atomic mass is 16.6. The van der Waals surface area contributed by atoms with Gasteiger partial charge >= 0.3 is 17.9 Å². The summed E-state index contributed by atoms with van der Waals surface area (Å²) in [6, 6.07) is 0. The van der Waals surface area contributed by atoms with Crippen molar-refractivity contribution >= 4 is 23.7 Å². The molecule has 2 bridgehead atoms. The van der Waals surface area contributed by atoms with Crippen LogP contribution in [0.1, 0.15) is 60.8 Å². The summed E-state index contributed by atoms with van der Waals surface area (Å²) in [7, 11) is 0. The van der Waals surface area contributed by atoms with Crippen LogP contribution < -0.4 is 0 Å². The molecule has 0 aromatic carbocycles. The fraction of sp³-hybridized carbons (Fsp3) is 0.769. The molecule has 0 aromatic heterocycles. The first-order valence-corrected chi connectivity index (χ1v) is 12.2. The van der Waals surface area contributed by atoms with Crippen molar-refractivity contribution in [3.05, 3.63) is 12.2 Å². The molecule has 1 spiro atoms. The number of carbonyl (C=O) groups is 4. The predicted octanol–water partition coefficient (Wildman–Crippen LogP) is 1.72. The zero-order chi connectivity index (χ0) is 26.2. The maximum Gasteiger partial charge on any atom is 0.303 e. The van der Waals surface area contributed by atoms with Gasteiger partial charge in [-0.2, -0.15) is 0 Å². The third-order valence-corrected chi connectivity index (χ3v) is 9.27. The molecule has 0 aliphatic heterocycles. The van der Waals surface area contributed by atoms with Gasteiger partial charge in [0.15, 0.2) is 5.78 Å². The number of hydrogen-bond acceptors (Lipinski definition) is 9. The van der Waals surface area contributed by atoms with Gasteiger partial charge in [-0.15, -0.1) is 0 Å². The lowest BCUT2D eigenvalue weighted by Crippen LogP contribution is -2.75. The molecule has 194 valence electrons. The van der Waals surface area contributed by atoms with Crippen LogP contribution >= 0.6 is 0 Å². The Balaban J connectivity index is 1.95. The fourth-order valence-electron chi connectivity index (χ4n) is 8.65. The zero-order valence-electron chi connectivity index (χ0n) is 21.2. The number of fused-ring (bicyclic) bond motifs is 3. The monoisotopic (exact) mass is 492 g/mol. The summed E-state index contributed by atoms with van der Waals surface area (Å²) in [4.78, 5) is 50.1. The Bertz CT molecular complexity index is 985. The van der Waals surface area contributed by atoms with E-state index in [1.807, 2.05) is 20.8 Å². The highest BCUT2D eigenvalue weighted by Gasteiger charge is 2.77. The minimum Gasteiger partial charge on any atom is -0.459 e. The number of carbonyl (C=O) groups excluding carboxylic acids is 4. The Morgan fingerprint density at radius 2 is 1.49 bits per heavy atom. The minimum absolute atomic E-state index is 0.150. The first kappa shape index (κ1) is 25.8. The largest absolute Gasteiger partial charge is 0.459 e. The summed E-state index contributed by atoms with van der Waals surface area (Å²) in [5.74, 6) is -3.65. The van der Waals surface area contributed by atoms with Crippen molar-refractivity contribution in [3.8, 4) is 0 Å². The van der Waals surface area contributed by atoms with E-state index in [2.05, 4.69) is 6.58 Å². The molecule has 4 fully saturated rings. The van der Waals surface area contributed by atoms with Crippen LogP contribution in [0.5, 0.6) is 0 Å². The Morgan fingerprint density at radius 3 is 2.03 bits per heavy atom. The smallest absolute Gasteiger partial charge is 0.303 e. The molecule has 4 rings (SSSR count). The van der Waals surface area contributed by atoms with E-state index in [-0.39, 0.29) is 18.1 Å². The molecule has 0 unspecified atom stereocenters. The highest BCUT2D eigenvalue weighted by molar-refractivity contribution is 6.03. The van der Waals surface area contributed by atoms with Crippen LogP contribution in [0.2, 0.25) is 0 Å². The summed E-state index contributed by atoms with van der Waals surface area (Å²) >= 11 is 0. The van der Waals surface area contributed by atoms with E-state index in [0.29, 0.717) is 18.4 Å². The Labute approximate surface area is 205 Å². The summed E-state index contributed by atoms with van der Waals surface area (Å²) in [6.07, 6.45) is -4.41. The van der Waals surface area contributed by atoms with Crippen molar-refractivity contribution in [3.63, 3.8) is 0 Å². The molecule has 2 N–H and O–H groups in total. The third kappa shape index (κ3) is 3.49. The van der Waals surface area contributed by atoms with Gasteiger partial charge in [-0.1, -0.05) is 27.4 Å². The summed E-state index contributed by atoms with van der Waals surface area (Å²) in [5, 5.41) is 23.3. The van der Waals surface area contributed by atoms with Crippen LogP contribution in [-0.2, 0) is 33.4 Å². The number of Topliss-reactive ketones (excluding diaryl/α,β-unsaturated/α-hetero) is 1. The third-order valence-electron chi connectivity index (χ3n) is 9.27. The zero-order valence-corrected chi connectivity index (χ0v) is 21.2. The van der Waals surface area contributed by atoms with Crippen LogP contribution in [0, 0.1) is 34.0 Å². The molecule has 4 aliphatic carbocycles. The first-order chi connectivity index (χ1) is 16.1. The second-order valence-corrected chi connectivity index (χ2v) is 11.8. The molecule has 0 radical (unpaired) electrons. The molecule has 9 nitrogen and oxygen atoms in total. The molecule has 4 saturated carbocycles. The van der Waals surface area contributed by atoms with E-state index in [0.717, 1.165) is 0 Å². The van der Waals surface area contributed by atoms with Crippen molar-refractivity contribution in [2.24, 2.45) is 34.0 Å². The number of ketones is 1. The van der Waals surface area contributed by atoms with E-state index >= 15 is 0 Å². The Hall–Kier alpha value is -2.26. The van der Waals surface area contributed by atoms with Crippen molar-refractivity contribution < 1.29 is 43.6 Å². The predicted molar refractivity (Wildman–Crippen MR) is 121 cm³/mol. The molecular formula is C26H36O9. The maximum atomic E-state index is 13.7. The van der Waals surface area contributed by atoms with Gasteiger partial charge in [0.2, 0.25) is 0 Å². The Kier molecular flexibility index (Phi) is 6.00. The van der Waals surface area contributed by atoms with Crippen molar-refractivity contribution in [1.82, 2.24) is 0 Å². The number of aliphatic hydroxyl groups is 2. The topological polar surface area (TPSA) is 136 Å². The molecule has 9 heteroatoms. The van der Waals surface area contributed by atoms with Crippen LogP contribution in [0.3, 0.4) is 0 Å². The average molecular weight is 493 g/mol. The molecule has 10 atom stereocenters. The van der Waals surface area contributed by atoms with Gasteiger partial charge in [-0.25, -0.2) is 0 Å². The van der Waals surface area contributed by atoms with E-state index in [9.17, 15) is 29.4 Å². The second kappa shape index (κ2) is 8.13. The molecule has 0 aromatic rings. The second-order valence-electron chi connectivity index (χ2n) is 11.8. The fourth-order valence-corrected chi connectivity index (χ4v) is 8.65. The van der Waals surface area contributed by atoms with Gasteiger partial charge in [-0.05, 0) is 36.2 Å². The summed E-state index contributed by atoms with van der Waals surface area (Å²) < 4.78 is 17.1. The van der Waals surface area contributed by atoms with E-state index in [4.69, 9.17) is 14.2 Å². The van der Waals surface area contributed by atoms with Gasteiger partial charge in [0.1, 0.15) is 24.4 Å². The van der Waals surface area contributed by atoms with E-state index < -0.39 is 76.5 Å². The van der Waals surface area contributed by atoms with Crippen LogP contribution in [0.25, 0.3) is 0 Å². The van der Waals surface area contributed by atoms with Crippen molar-refractivity contribution in [2.75, 3.05) is 0 Å². The number of rotatable bonds is 3. The van der Waals surface area contributed by atoms with Gasteiger partial charge < -0.3 is 24.4 Å².